The Morgan fingerprint density at radius 1 is 0.882 bits per heavy atom. The molecule has 0 aliphatic carbocycles. The molecule has 0 spiro atoms. The lowest BCUT2D eigenvalue weighted by atomic mass is 10.1. The molecule has 34 heavy (non-hydrogen) atoms. The van der Waals surface area contributed by atoms with Crippen LogP contribution in [0.4, 0.5) is 0 Å². The van der Waals surface area contributed by atoms with E-state index in [9.17, 15) is 4.79 Å². The fourth-order valence-electron chi connectivity index (χ4n) is 4.44. The Morgan fingerprint density at radius 3 is 2.24 bits per heavy atom. The monoisotopic (exact) mass is 469 g/mol. The molecule has 8 heteroatoms. The zero-order valence-corrected chi connectivity index (χ0v) is 20.2. The molecule has 0 aromatic heterocycles. The van der Waals surface area contributed by atoms with Gasteiger partial charge < -0.3 is 23.8 Å². The number of carbonyl (C=O) groups is 1. The summed E-state index contributed by atoms with van der Waals surface area (Å²) >= 11 is 0. The van der Waals surface area contributed by atoms with E-state index in [4.69, 9.17) is 18.9 Å². The maximum absolute atomic E-state index is 13.2. The minimum atomic E-state index is -0.0534. The SMILES string of the molecule is COc1cccc(OC)c1C(=O)N1CCN(CCOc2cccc(CN3CCOCC3)c2)CC1. The van der Waals surface area contributed by atoms with E-state index in [-0.39, 0.29) is 5.91 Å². The van der Waals surface area contributed by atoms with Gasteiger partial charge in [-0.15, -0.1) is 0 Å². The topological polar surface area (TPSA) is 63.7 Å². The van der Waals surface area contributed by atoms with Crippen molar-refractivity contribution in [2.75, 3.05) is 79.9 Å². The molecule has 0 atom stereocenters. The molecule has 0 N–H and O–H groups in total. The van der Waals surface area contributed by atoms with E-state index in [1.54, 1.807) is 26.4 Å². The fraction of sp³-hybridized carbons (Fsp3) is 0.500. The van der Waals surface area contributed by atoms with Gasteiger partial charge >= 0.3 is 0 Å². The van der Waals surface area contributed by atoms with Gasteiger partial charge in [0, 0.05) is 52.4 Å². The van der Waals surface area contributed by atoms with Crippen molar-refractivity contribution in [3.8, 4) is 17.2 Å². The van der Waals surface area contributed by atoms with Crippen molar-refractivity contribution in [2.24, 2.45) is 0 Å². The van der Waals surface area contributed by atoms with E-state index < -0.39 is 0 Å². The third-order valence-corrected chi connectivity index (χ3v) is 6.39. The van der Waals surface area contributed by atoms with Gasteiger partial charge in [0.25, 0.3) is 5.91 Å². The Hall–Kier alpha value is -2.81. The van der Waals surface area contributed by atoms with Crippen LogP contribution in [0.2, 0.25) is 0 Å². The van der Waals surface area contributed by atoms with Crippen LogP contribution in [-0.2, 0) is 11.3 Å². The highest BCUT2D eigenvalue weighted by Crippen LogP contribution is 2.29. The molecule has 2 aromatic carbocycles. The lowest BCUT2D eigenvalue weighted by Crippen LogP contribution is -2.49. The normalized spacial score (nSPS) is 17.4. The highest BCUT2D eigenvalue weighted by atomic mass is 16.5. The lowest BCUT2D eigenvalue weighted by molar-refractivity contribution is 0.0341. The summed E-state index contributed by atoms with van der Waals surface area (Å²) in [6, 6.07) is 13.8. The lowest BCUT2D eigenvalue weighted by Gasteiger charge is -2.35. The van der Waals surface area contributed by atoms with E-state index in [1.807, 2.05) is 17.0 Å². The van der Waals surface area contributed by atoms with Gasteiger partial charge in [0.15, 0.2) is 0 Å². The van der Waals surface area contributed by atoms with Crippen LogP contribution in [0.15, 0.2) is 42.5 Å². The van der Waals surface area contributed by atoms with Crippen LogP contribution in [-0.4, -0.2) is 100 Å². The van der Waals surface area contributed by atoms with E-state index in [0.29, 0.717) is 36.8 Å². The molecule has 2 saturated heterocycles. The van der Waals surface area contributed by atoms with Crippen LogP contribution >= 0.6 is 0 Å². The first-order valence-corrected chi connectivity index (χ1v) is 11.9. The molecule has 8 nitrogen and oxygen atoms in total. The van der Waals surface area contributed by atoms with Crippen LogP contribution in [0.5, 0.6) is 17.2 Å². The molecule has 2 aromatic rings. The maximum Gasteiger partial charge on any atom is 0.261 e. The van der Waals surface area contributed by atoms with Crippen molar-refractivity contribution in [3.63, 3.8) is 0 Å². The third-order valence-electron chi connectivity index (χ3n) is 6.39. The predicted molar refractivity (Wildman–Crippen MR) is 130 cm³/mol. The van der Waals surface area contributed by atoms with Crippen LogP contribution in [0, 0.1) is 0 Å². The number of piperazine rings is 1. The Morgan fingerprint density at radius 2 is 1.56 bits per heavy atom. The molecular formula is C26H35N3O5. The zero-order chi connectivity index (χ0) is 23.8. The summed E-state index contributed by atoms with van der Waals surface area (Å²) < 4.78 is 22.3. The number of rotatable bonds is 9. The number of carbonyl (C=O) groups excluding carboxylic acids is 1. The molecule has 0 radical (unpaired) electrons. The number of morpholine rings is 1. The van der Waals surface area contributed by atoms with Gasteiger partial charge in [-0.05, 0) is 29.8 Å². The number of benzene rings is 2. The summed E-state index contributed by atoms with van der Waals surface area (Å²) in [4.78, 5) is 19.8. The highest BCUT2D eigenvalue weighted by Gasteiger charge is 2.27. The Labute approximate surface area is 201 Å². The largest absolute Gasteiger partial charge is 0.496 e. The smallest absolute Gasteiger partial charge is 0.261 e. The molecule has 2 aliphatic heterocycles. The third kappa shape index (κ3) is 6.20. The molecule has 0 unspecified atom stereocenters. The van der Waals surface area contributed by atoms with Gasteiger partial charge in [-0.2, -0.15) is 0 Å². The number of ether oxygens (including phenoxy) is 4. The summed E-state index contributed by atoms with van der Waals surface area (Å²) in [5.41, 5.74) is 1.75. The summed E-state index contributed by atoms with van der Waals surface area (Å²) in [7, 11) is 3.14. The highest BCUT2D eigenvalue weighted by molar-refractivity contribution is 5.99. The molecule has 184 valence electrons. The van der Waals surface area contributed by atoms with E-state index in [1.165, 1.54) is 5.56 Å². The van der Waals surface area contributed by atoms with Crippen molar-refractivity contribution in [1.82, 2.24) is 14.7 Å². The number of nitrogens with zero attached hydrogens (tertiary/aromatic N) is 3. The Kier molecular flexibility index (Phi) is 8.62. The first kappa shape index (κ1) is 24.3. The molecule has 1 amide bonds. The second-order valence-electron chi connectivity index (χ2n) is 8.56. The van der Waals surface area contributed by atoms with Crippen LogP contribution in [0.25, 0.3) is 0 Å². The fourth-order valence-corrected chi connectivity index (χ4v) is 4.44. The molecule has 2 aliphatic rings. The van der Waals surface area contributed by atoms with Gasteiger partial charge in [0.2, 0.25) is 0 Å². The van der Waals surface area contributed by atoms with Crippen molar-refractivity contribution in [3.05, 3.63) is 53.6 Å². The quantitative estimate of drug-likeness (QED) is 0.559. The average molecular weight is 470 g/mol. The maximum atomic E-state index is 13.2. The number of methoxy groups -OCH3 is 2. The summed E-state index contributed by atoms with van der Waals surface area (Å²) in [6.07, 6.45) is 0. The van der Waals surface area contributed by atoms with E-state index in [2.05, 4.69) is 28.0 Å². The van der Waals surface area contributed by atoms with Gasteiger partial charge in [-0.3, -0.25) is 14.6 Å². The van der Waals surface area contributed by atoms with Crippen molar-refractivity contribution < 1.29 is 23.7 Å². The predicted octanol–water partition coefficient (Wildman–Crippen LogP) is 2.37. The van der Waals surface area contributed by atoms with E-state index >= 15 is 0 Å². The molecule has 2 heterocycles. The van der Waals surface area contributed by atoms with Crippen molar-refractivity contribution >= 4 is 5.91 Å². The summed E-state index contributed by atoms with van der Waals surface area (Å²) in [5, 5.41) is 0. The first-order chi connectivity index (χ1) is 16.7. The van der Waals surface area contributed by atoms with Gasteiger partial charge in [-0.1, -0.05) is 18.2 Å². The zero-order valence-electron chi connectivity index (χ0n) is 20.2. The number of amides is 1. The number of hydrogen-bond donors (Lipinski definition) is 0. The van der Waals surface area contributed by atoms with Gasteiger partial charge in [0.1, 0.15) is 29.4 Å². The molecule has 4 rings (SSSR count). The molecule has 0 bridgehead atoms. The van der Waals surface area contributed by atoms with E-state index in [0.717, 1.165) is 58.2 Å². The Bertz CT molecular complexity index is 918. The average Bonchev–Trinajstić information content (AvgIpc) is 2.89. The summed E-state index contributed by atoms with van der Waals surface area (Å²) in [6.45, 7) is 8.88. The number of hydrogen-bond acceptors (Lipinski definition) is 7. The molecular weight excluding hydrogens is 434 g/mol. The van der Waals surface area contributed by atoms with Gasteiger partial charge in [0.05, 0.1) is 27.4 Å². The van der Waals surface area contributed by atoms with Crippen molar-refractivity contribution in [2.45, 2.75) is 6.54 Å². The van der Waals surface area contributed by atoms with Crippen LogP contribution in [0.3, 0.4) is 0 Å². The van der Waals surface area contributed by atoms with Crippen LogP contribution in [0.1, 0.15) is 15.9 Å². The second-order valence-corrected chi connectivity index (χ2v) is 8.56. The Balaban J connectivity index is 1.23. The van der Waals surface area contributed by atoms with Gasteiger partial charge in [-0.25, -0.2) is 0 Å². The standard InChI is InChI=1S/C26H35N3O5/c1-31-23-7-4-8-24(32-2)25(23)26(30)29-11-9-27(10-12-29)15-18-34-22-6-3-5-21(19-22)20-28-13-16-33-17-14-28/h3-8,19H,9-18,20H2,1-2H3. The molecule has 0 saturated carbocycles. The van der Waals surface area contributed by atoms with Crippen molar-refractivity contribution in [1.29, 1.82) is 0 Å². The second kappa shape index (κ2) is 12.1. The first-order valence-electron chi connectivity index (χ1n) is 11.9. The minimum Gasteiger partial charge on any atom is -0.496 e. The summed E-state index contributed by atoms with van der Waals surface area (Å²) in [5.74, 6) is 1.93. The molecule has 2 fully saturated rings. The van der Waals surface area contributed by atoms with Crippen LogP contribution < -0.4 is 14.2 Å². The minimum absolute atomic E-state index is 0.0534.